The van der Waals surface area contributed by atoms with Gasteiger partial charge < -0.3 is 15.8 Å². The van der Waals surface area contributed by atoms with Gasteiger partial charge in [0, 0.05) is 24.8 Å². The van der Waals surface area contributed by atoms with Crippen LogP contribution in [0.25, 0.3) is 0 Å². The Morgan fingerprint density at radius 1 is 1.42 bits per heavy atom. The summed E-state index contributed by atoms with van der Waals surface area (Å²) in [6, 6.07) is 7.95. The van der Waals surface area contributed by atoms with Crippen molar-refractivity contribution in [1.29, 1.82) is 0 Å². The normalized spacial score (nSPS) is 23.0. The number of hydrogen-bond donors (Lipinski definition) is 2. The summed E-state index contributed by atoms with van der Waals surface area (Å²) in [6.45, 7) is 2.79. The molecule has 0 radical (unpaired) electrons. The van der Waals surface area contributed by atoms with E-state index >= 15 is 0 Å². The maximum Gasteiger partial charge on any atom is 0.220 e. The summed E-state index contributed by atoms with van der Waals surface area (Å²) in [7, 11) is 0. The number of anilines is 1. The average Bonchev–Trinajstić information content (AvgIpc) is 2.38. The molecule has 1 aliphatic rings. The van der Waals surface area contributed by atoms with Gasteiger partial charge in [-0.05, 0) is 43.9 Å². The molecule has 1 heterocycles. The first-order valence-electron chi connectivity index (χ1n) is 6.89. The van der Waals surface area contributed by atoms with Crippen molar-refractivity contribution in [3.8, 4) is 0 Å². The standard InChI is InChI=1S/C15H22N2O2/c1-11-10-14(8-9-19-11)17-15(18)7-4-12-2-5-13(16)6-3-12/h2-3,5-6,11,14H,4,7-10,16H2,1H3,(H,17,18). The molecule has 1 saturated heterocycles. The Bertz CT molecular complexity index is 417. The van der Waals surface area contributed by atoms with Crippen molar-refractivity contribution in [1.82, 2.24) is 5.32 Å². The summed E-state index contributed by atoms with van der Waals surface area (Å²) in [4.78, 5) is 11.9. The zero-order chi connectivity index (χ0) is 13.7. The van der Waals surface area contributed by atoms with Crippen LogP contribution in [0.2, 0.25) is 0 Å². The van der Waals surface area contributed by atoms with Gasteiger partial charge in [0.05, 0.1) is 6.10 Å². The molecule has 1 aromatic carbocycles. The SMILES string of the molecule is CC1CC(NC(=O)CCc2ccc(N)cc2)CCO1. The van der Waals surface area contributed by atoms with Crippen molar-refractivity contribution in [2.24, 2.45) is 0 Å². The Labute approximate surface area is 114 Å². The lowest BCUT2D eigenvalue weighted by molar-refractivity contribution is -0.122. The second-order valence-electron chi connectivity index (χ2n) is 5.21. The molecule has 4 heteroatoms. The zero-order valence-corrected chi connectivity index (χ0v) is 11.4. The second-order valence-corrected chi connectivity index (χ2v) is 5.21. The first kappa shape index (κ1) is 13.9. The predicted octanol–water partition coefficient (Wildman–Crippen LogP) is 1.89. The van der Waals surface area contributed by atoms with Gasteiger partial charge in [-0.15, -0.1) is 0 Å². The Hall–Kier alpha value is -1.55. The average molecular weight is 262 g/mol. The lowest BCUT2D eigenvalue weighted by atomic mass is 10.0. The third-order valence-corrected chi connectivity index (χ3v) is 3.47. The van der Waals surface area contributed by atoms with Crippen LogP contribution in [0.1, 0.15) is 31.7 Å². The molecule has 19 heavy (non-hydrogen) atoms. The van der Waals surface area contributed by atoms with Gasteiger partial charge in [-0.1, -0.05) is 12.1 Å². The Morgan fingerprint density at radius 3 is 2.84 bits per heavy atom. The molecule has 4 nitrogen and oxygen atoms in total. The third kappa shape index (κ3) is 4.56. The fraction of sp³-hybridized carbons (Fsp3) is 0.533. The maximum atomic E-state index is 11.9. The van der Waals surface area contributed by atoms with E-state index in [9.17, 15) is 4.79 Å². The van der Waals surface area contributed by atoms with Crippen LogP contribution in [-0.4, -0.2) is 24.7 Å². The molecule has 0 bridgehead atoms. The summed E-state index contributed by atoms with van der Waals surface area (Å²) in [6.07, 6.45) is 3.35. The van der Waals surface area contributed by atoms with Gasteiger partial charge in [0.25, 0.3) is 0 Å². The first-order valence-corrected chi connectivity index (χ1v) is 6.89. The highest BCUT2D eigenvalue weighted by atomic mass is 16.5. The van der Waals surface area contributed by atoms with Gasteiger partial charge in [0.15, 0.2) is 0 Å². The molecule has 1 amide bonds. The Morgan fingerprint density at radius 2 is 2.16 bits per heavy atom. The van der Waals surface area contributed by atoms with E-state index in [1.54, 1.807) is 0 Å². The minimum atomic E-state index is 0.121. The number of ether oxygens (including phenoxy) is 1. The number of carbonyl (C=O) groups is 1. The number of nitrogens with one attached hydrogen (secondary N) is 1. The number of hydrogen-bond acceptors (Lipinski definition) is 3. The van der Waals surface area contributed by atoms with Gasteiger partial charge in [0.1, 0.15) is 0 Å². The zero-order valence-electron chi connectivity index (χ0n) is 11.4. The fourth-order valence-corrected chi connectivity index (χ4v) is 2.37. The molecule has 3 N–H and O–H groups in total. The molecule has 1 aromatic rings. The second kappa shape index (κ2) is 6.57. The molecular weight excluding hydrogens is 240 g/mol. The molecule has 2 unspecified atom stereocenters. The topological polar surface area (TPSA) is 64.4 Å². The minimum absolute atomic E-state index is 0.121. The number of nitrogens with two attached hydrogens (primary N) is 1. The van der Waals surface area contributed by atoms with Crippen LogP contribution in [0, 0.1) is 0 Å². The summed E-state index contributed by atoms with van der Waals surface area (Å²) >= 11 is 0. The lowest BCUT2D eigenvalue weighted by Crippen LogP contribution is -2.41. The third-order valence-electron chi connectivity index (χ3n) is 3.47. The number of benzene rings is 1. The van der Waals surface area contributed by atoms with Crippen LogP contribution < -0.4 is 11.1 Å². The summed E-state index contributed by atoms with van der Waals surface area (Å²) in [5, 5.41) is 3.09. The van der Waals surface area contributed by atoms with E-state index in [1.165, 1.54) is 0 Å². The molecule has 1 fully saturated rings. The number of carbonyl (C=O) groups excluding carboxylic acids is 1. The van der Waals surface area contributed by atoms with Crippen LogP contribution in [0.5, 0.6) is 0 Å². The molecule has 1 aliphatic heterocycles. The first-order chi connectivity index (χ1) is 9.13. The summed E-state index contributed by atoms with van der Waals surface area (Å²) in [5.74, 6) is 0.121. The van der Waals surface area contributed by atoms with E-state index < -0.39 is 0 Å². The Balaban J connectivity index is 1.73. The van der Waals surface area contributed by atoms with Gasteiger partial charge in [0.2, 0.25) is 5.91 Å². The van der Waals surface area contributed by atoms with E-state index in [1.807, 2.05) is 31.2 Å². The van der Waals surface area contributed by atoms with Crippen LogP contribution in [0.4, 0.5) is 5.69 Å². The van der Waals surface area contributed by atoms with Crippen LogP contribution in [0.3, 0.4) is 0 Å². The molecule has 0 aromatic heterocycles. The van der Waals surface area contributed by atoms with Crippen molar-refractivity contribution in [3.05, 3.63) is 29.8 Å². The van der Waals surface area contributed by atoms with Gasteiger partial charge in [-0.2, -0.15) is 0 Å². The number of amides is 1. The highest BCUT2D eigenvalue weighted by molar-refractivity contribution is 5.76. The van der Waals surface area contributed by atoms with Crippen LogP contribution >= 0.6 is 0 Å². The molecule has 0 spiro atoms. The smallest absolute Gasteiger partial charge is 0.220 e. The quantitative estimate of drug-likeness (QED) is 0.814. The van der Waals surface area contributed by atoms with E-state index in [-0.39, 0.29) is 18.1 Å². The van der Waals surface area contributed by atoms with E-state index in [0.29, 0.717) is 6.42 Å². The molecule has 2 atom stereocenters. The van der Waals surface area contributed by atoms with Crippen molar-refractivity contribution in [3.63, 3.8) is 0 Å². The molecular formula is C15H22N2O2. The number of rotatable bonds is 4. The highest BCUT2D eigenvalue weighted by Crippen LogP contribution is 2.13. The van der Waals surface area contributed by atoms with Crippen LogP contribution in [-0.2, 0) is 16.0 Å². The van der Waals surface area contributed by atoms with Gasteiger partial charge in [-0.3, -0.25) is 4.79 Å². The summed E-state index contributed by atoms with van der Waals surface area (Å²) in [5.41, 5.74) is 7.53. The lowest BCUT2D eigenvalue weighted by Gasteiger charge is -2.27. The van der Waals surface area contributed by atoms with Crippen molar-refractivity contribution in [2.75, 3.05) is 12.3 Å². The number of nitrogen functional groups attached to an aromatic ring is 1. The van der Waals surface area contributed by atoms with Crippen molar-refractivity contribution in [2.45, 2.75) is 44.8 Å². The highest BCUT2D eigenvalue weighted by Gasteiger charge is 2.20. The molecule has 0 saturated carbocycles. The van der Waals surface area contributed by atoms with Gasteiger partial charge >= 0.3 is 0 Å². The molecule has 0 aliphatic carbocycles. The van der Waals surface area contributed by atoms with Gasteiger partial charge in [-0.25, -0.2) is 0 Å². The fourth-order valence-electron chi connectivity index (χ4n) is 2.37. The van der Waals surface area contributed by atoms with Crippen LogP contribution in [0.15, 0.2) is 24.3 Å². The van der Waals surface area contributed by atoms with E-state index in [2.05, 4.69) is 5.32 Å². The largest absolute Gasteiger partial charge is 0.399 e. The summed E-state index contributed by atoms with van der Waals surface area (Å²) < 4.78 is 5.47. The molecule has 2 rings (SSSR count). The van der Waals surface area contributed by atoms with E-state index in [0.717, 1.165) is 37.1 Å². The van der Waals surface area contributed by atoms with Crippen molar-refractivity contribution >= 4 is 11.6 Å². The Kier molecular flexibility index (Phi) is 4.80. The monoisotopic (exact) mass is 262 g/mol. The molecule has 104 valence electrons. The minimum Gasteiger partial charge on any atom is -0.399 e. The van der Waals surface area contributed by atoms with E-state index in [4.69, 9.17) is 10.5 Å². The predicted molar refractivity (Wildman–Crippen MR) is 75.8 cm³/mol. The number of aryl methyl sites for hydroxylation is 1. The van der Waals surface area contributed by atoms with Crippen molar-refractivity contribution < 1.29 is 9.53 Å². The maximum absolute atomic E-state index is 11.9.